The van der Waals surface area contributed by atoms with Gasteiger partial charge < -0.3 is 4.57 Å². The Bertz CT molecular complexity index is 486. The van der Waals surface area contributed by atoms with E-state index in [0.717, 1.165) is 12.1 Å². The van der Waals surface area contributed by atoms with Gasteiger partial charge in [-0.2, -0.15) is 0 Å². The van der Waals surface area contributed by atoms with Crippen LogP contribution in [0.5, 0.6) is 0 Å². The molecular weight excluding hydrogens is 208 g/mol. The SMILES string of the molecule is Cn1cnc(Cc2ccc(C(C)(C)C)cc2)c1. The number of imidazole rings is 1. The quantitative estimate of drug-likeness (QED) is 0.771. The maximum absolute atomic E-state index is 4.35. The largest absolute Gasteiger partial charge is 0.340 e. The third-order valence-electron chi connectivity index (χ3n) is 2.96. The van der Waals surface area contributed by atoms with Gasteiger partial charge in [-0.1, -0.05) is 45.0 Å². The van der Waals surface area contributed by atoms with Crippen LogP contribution in [0.3, 0.4) is 0 Å². The Kier molecular flexibility index (Phi) is 3.05. The van der Waals surface area contributed by atoms with E-state index in [-0.39, 0.29) is 5.41 Å². The van der Waals surface area contributed by atoms with Gasteiger partial charge in [0, 0.05) is 19.7 Å². The molecule has 0 aliphatic rings. The molecule has 17 heavy (non-hydrogen) atoms. The van der Waals surface area contributed by atoms with Crippen molar-refractivity contribution in [1.29, 1.82) is 0 Å². The van der Waals surface area contributed by atoms with Crippen LogP contribution in [0.15, 0.2) is 36.8 Å². The number of aromatic nitrogens is 2. The van der Waals surface area contributed by atoms with Crippen LogP contribution in [0, 0.1) is 0 Å². The molecule has 0 amide bonds. The van der Waals surface area contributed by atoms with Crippen LogP contribution in [0.4, 0.5) is 0 Å². The fourth-order valence-electron chi connectivity index (χ4n) is 1.89. The molecule has 0 spiro atoms. The van der Waals surface area contributed by atoms with Gasteiger partial charge >= 0.3 is 0 Å². The van der Waals surface area contributed by atoms with Gasteiger partial charge in [0.15, 0.2) is 0 Å². The summed E-state index contributed by atoms with van der Waals surface area (Å²) in [7, 11) is 2.00. The van der Waals surface area contributed by atoms with Crippen molar-refractivity contribution >= 4 is 0 Å². The van der Waals surface area contributed by atoms with Crippen molar-refractivity contribution in [3.63, 3.8) is 0 Å². The van der Waals surface area contributed by atoms with Crippen molar-refractivity contribution in [2.75, 3.05) is 0 Å². The Morgan fingerprint density at radius 2 is 1.76 bits per heavy atom. The Hall–Kier alpha value is -1.57. The first kappa shape index (κ1) is 11.9. The second kappa shape index (κ2) is 4.36. The number of benzene rings is 1. The minimum atomic E-state index is 0.226. The predicted octanol–water partition coefficient (Wildman–Crippen LogP) is 3.31. The first-order valence-electron chi connectivity index (χ1n) is 6.01. The molecule has 2 aromatic rings. The highest BCUT2D eigenvalue weighted by atomic mass is 15.0. The van der Waals surface area contributed by atoms with E-state index in [1.165, 1.54) is 11.1 Å². The second-order valence-electron chi connectivity index (χ2n) is 5.65. The minimum absolute atomic E-state index is 0.226. The monoisotopic (exact) mass is 228 g/mol. The number of nitrogens with zero attached hydrogens (tertiary/aromatic N) is 2. The van der Waals surface area contributed by atoms with Crippen LogP contribution in [0.1, 0.15) is 37.6 Å². The lowest BCUT2D eigenvalue weighted by Gasteiger charge is -2.19. The molecule has 0 aliphatic heterocycles. The van der Waals surface area contributed by atoms with E-state index >= 15 is 0 Å². The number of hydrogen-bond acceptors (Lipinski definition) is 1. The van der Waals surface area contributed by atoms with Crippen molar-refractivity contribution in [2.24, 2.45) is 7.05 Å². The van der Waals surface area contributed by atoms with Gasteiger partial charge in [-0.3, -0.25) is 0 Å². The maximum Gasteiger partial charge on any atom is 0.0946 e. The van der Waals surface area contributed by atoms with Crippen molar-refractivity contribution < 1.29 is 0 Å². The average molecular weight is 228 g/mol. The molecule has 0 saturated carbocycles. The van der Waals surface area contributed by atoms with Crippen LogP contribution in [0.2, 0.25) is 0 Å². The third-order valence-corrected chi connectivity index (χ3v) is 2.96. The summed E-state index contributed by atoms with van der Waals surface area (Å²) in [5.74, 6) is 0. The fourth-order valence-corrected chi connectivity index (χ4v) is 1.89. The summed E-state index contributed by atoms with van der Waals surface area (Å²) >= 11 is 0. The summed E-state index contributed by atoms with van der Waals surface area (Å²) in [6.45, 7) is 6.71. The Morgan fingerprint density at radius 1 is 1.12 bits per heavy atom. The zero-order valence-corrected chi connectivity index (χ0v) is 11.1. The summed E-state index contributed by atoms with van der Waals surface area (Å²) in [5.41, 5.74) is 4.04. The van der Waals surface area contributed by atoms with E-state index in [1.807, 2.05) is 17.9 Å². The van der Waals surface area contributed by atoms with Crippen molar-refractivity contribution in [3.05, 3.63) is 53.6 Å². The van der Waals surface area contributed by atoms with Gasteiger partial charge in [0.2, 0.25) is 0 Å². The molecule has 0 bridgehead atoms. The molecular formula is C15H20N2. The summed E-state index contributed by atoms with van der Waals surface area (Å²) < 4.78 is 1.98. The lowest BCUT2D eigenvalue weighted by Crippen LogP contribution is -2.10. The van der Waals surface area contributed by atoms with E-state index < -0.39 is 0 Å². The van der Waals surface area contributed by atoms with E-state index in [0.29, 0.717) is 0 Å². The first-order chi connectivity index (χ1) is 7.95. The molecule has 0 fully saturated rings. The second-order valence-corrected chi connectivity index (χ2v) is 5.65. The highest BCUT2D eigenvalue weighted by Gasteiger charge is 2.12. The molecule has 0 saturated heterocycles. The zero-order chi connectivity index (χ0) is 12.5. The first-order valence-corrected chi connectivity index (χ1v) is 6.01. The van der Waals surface area contributed by atoms with E-state index in [9.17, 15) is 0 Å². The van der Waals surface area contributed by atoms with Crippen molar-refractivity contribution in [3.8, 4) is 0 Å². The van der Waals surface area contributed by atoms with E-state index in [1.54, 1.807) is 0 Å². The molecule has 0 radical (unpaired) electrons. The lowest BCUT2D eigenvalue weighted by atomic mass is 9.86. The average Bonchev–Trinajstić information content (AvgIpc) is 2.63. The summed E-state index contributed by atoms with van der Waals surface area (Å²) in [4.78, 5) is 4.35. The summed E-state index contributed by atoms with van der Waals surface area (Å²) in [5, 5.41) is 0. The number of aryl methyl sites for hydroxylation is 1. The van der Waals surface area contributed by atoms with Crippen molar-refractivity contribution in [1.82, 2.24) is 9.55 Å². The molecule has 2 heteroatoms. The predicted molar refractivity (Wildman–Crippen MR) is 71.2 cm³/mol. The third kappa shape index (κ3) is 2.96. The molecule has 0 aliphatic carbocycles. The van der Waals surface area contributed by atoms with Crippen LogP contribution in [-0.2, 0) is 18.9 Å². The van der Waals surface area contributed by atoms with Crippen molar-refractivity contribution in [2.45, 2.75) is 32.6 Å². The van der Waals surface area contributed by atoms with Crippen LogP contribution in [0.25, 0.3) is 0 Å². The zero-order valence-electron chi connectivity index (χ0n) is 11.1. The van der Waals surface area contributed by atoms with Gasteiger partial charge in [-0.25, -0.2) is 4.98 Å². The van der Waals surface area contributed by atoms with Crippen LogP contribution >= 0.6 is 0 Å². The molecule has 0 N–H and O–H groups in total. The molecule has 0 atom stereocenters. The Balaban J connectivity index is 2.13. The highest BCUT2D eigenvalue weighted by Crippen LogP contribution is 2.22. The number of hydrogen-bond donors (Lipinski definition) is 0. The fraction of sp³-hybridized carbons (Fsp3) is 0.400. The van der Waals surface area contributed by atoms with Crippen LogP contribution in [-0.4, -0.2) is 9.55 Å². The molecule has 0 unspecified atom stereocenters. The Labute approximate surface area is 103 Å². The van der Waals surface area contributed by atoms with Gasteiger partial charge in [0.1, 0.15) is 0 Å². The van der Waals surface area contributed by atoms with Gasteiger partial charge in [0.25, 0.3) is 0 Å². The Morgan fingerprint density at radius 3 is 2.24 bits per heavy atom. The molecule has 1 heterocycles. The van der Waals surface area contributed by atoms with Gasteiger partial charge in [-0.05, 0) is 16.5 Å². The molecule has 1 aromatic heterocycles. The topological polar surface area (TPSA) is 17.8 Å². The van der Waals surface area contributed by atoms with Gasteiger partial charge in [0.05, 0.1) is 12.0 Å². The van der Waals surface area contributed by atoms with E-state index in [4.69, 9.17) is 0 Å². The molecule has 2 nitrogen and oxygen atoms in total. The number of rotatable bonds is 2. The lowest BCUT2D eigenvalue weighted by molar-refractivity contribution is 0.590. The minimum Gasteiger partial charge on any atom is -0.340 e. The summed E-state index contributed by atoms with van der Waals surface area (Å²) in [6.07, 6.45) is 4.82. The normalized spacial score (nSPS) is 11.8. The molecule has 2 rings (SSSR count). The van der Waals surface area contributed by atoms with Crippen LogP contribution < -0.4 is 0 Å². The van der Waals surface area contributed by atoms with Gasteiger partial charge in [-0.15, -0.1) is 0 Å². The smallest absolute Gasteiger partial charge is 0.0946 e. The highest BCUT2D eigenvalue weighted by molar-refractivity contribution is 5.29. The molecule has 90 valence electrons. The standard InChI is InChI=1S/C15H20N2/c1-15(2,3)13-7-5-12(6-8-13)9-14-10-17(4)11-16-14/h5-8,10-11H,9H2,1-4H3. The van der Waals surface area contributed by atoms with E-state index in [2.05, 4.69) is 56.2 Å². The summed E-state index contributed by atoms with van der Waals surface area (Å²) in [6, 6.07) is 8.85. The molecule has 1 aromatic carbocycles. The maximum atomic E-state index is 4.35.